The van der Waals surface area contributed by atoms with Gasteiger partial charge in [0.05, 0.1) is 18.0 Å². The molecule has 1 aromatic heterocycles. The molecule has 0 bridgehead atoms. The Labute approximate surface area is 95.1 Å². The quantitative estimate of drug-likeness (QED) is 0.603. The van der Waals surface area contributed by atoms with Gasteiger partial charge in [-0.05, 0) is 13.8 Å². The van der Waals surface area contributed by atoms with E-state index in [1.807, 2.05) is 20.2 Å². The number of nitrogens with zero attached hydrogens (tertiary/aromatic N) is 2. The van der Waals surface area contributed by atoms with E-state index in [2.05, 4.69) is 10.4 Å². The highest BCUT2D eigenvalue weighted by molar-refractivity contribution is 5.81. The lowest BCUT2D eigenvalue weighted by Crippen LogP contribution is -2.02. The minimum Gasteiger partial charge on any atom is -0.463 e. The van der Waals surface area contributed by atoms with Crippen molar-refractivity contribution in [1.29, 1.82) is 0 Å². The average molecular weight is 223 g/mol. The van der Waals surface area contributed by atoms with Crippen molar-refractivity contribution in [1.82, 2.24) is 9.78 Å². The molecular weight excluding hydrogens is 206 g/mol. The van der Waals surface area contributed by atoms with Crippen molar-refractivity contribution in [3.8, 4) is 0 Å². The van der Waals surface area contributed by atoms with Gasteiger partial charge < -0.3 is 10.1 Å². The smallest absolute Gasteiger partial charge is 0.330 e. The number of hydrogen-bond acceptors (Lipinski definition) is 4. The van der Waals surface area contributed by atoms with Crippen LogP contribution in [-0.4, -0.2) is 28.9 Å². The van der Waals surface area contributed by atoms with Crippen LogP contribution < -0.4 is 5.32 Å². The highest BCUT2D eigenvalue weighted by Crippen LogP contribution is 2.10. The van der Waals surface area contributed by atoms with Gasteiger partial charge in [0.1, 0.15) is 0 Å². The van der Waals surface area contributed by atoms with E-state index in [1.165, 1.54) is 6.08 Å². The third kappa shape index (κ3) is 3.76. The van der Waals surface area contributed by atoms with Gasteiger partial charge in [-0.2, -0.15) is 5.10 Å². The van der Waals surface area contributed by atoms with Gasteiger partial charge >= 0.3 is 5.97 Å². The molecule has 16 heavy (non-hydrogen) atoms. The summed E-state index contributed by atoms with van der Waals surface area (Å²) in [6.45, 7) is 4.68. The fourth-order valence-electron chi connectivity index (χ4n) is 1.29. The zero-order valence-electron chi connectivity index (χ0n) is 9.86. The highest BCUT2D eigenvalue weighted by atomic mass is 16.5. The first-order valence-electron chi connectivity index (χ1n) is 5.21. The van der Waals surface area contributed by atoms with Crippen molar-refractivity contribution < 1.29 is 9.53 Å². The lowest BCUT2D eigenvalue weighted by atomic mass is 10.4. The highest BCUT2D eigenvalue weighted by Gasteiger charge is 2.00. The number of aromatic nitrogens is 2. The number of carbonyl (C=O) groups excluding carboxylic acids is 1. The molecule has 0 spiro atoms. The van der Waals surface area contributed by atoms with E-state index < -0.39 is 0 Å². The molecule has 0 atom stereocenters. The van der Waals surface area contributed by atoms with Crippen molar-refractivity contribution >= 4 is 11.7 Å². The Balaban J connectivity index is 2.35. The number of aryl methyl sites for hydroxylation is 2. The zero-order chi connectivity index (χ0) is 12.0. The average Bonchev–Trinajstić information content (AvgIpc) is 2.53. The van der Waals surface area contributed by atoms with Crippen LogP contribution >= 0.6 is 0 Å². The summed E-state index contributed by atoms with van der Waals surface area (Å²) in [5.41, 5.74) is 1.91. The van der Waals surface area contributed by atoms with E-state index in [0.29, 0.717) is 13.2 Å². The van der Waals surface area contributed by atoms with Gasteiger partial charge in [-0.1, -0.05) is 6.08 Å². The monoisotopic (exact) mass is 223 g/mol. The molecule has 1 aromatic rings. The first-order chi connectivity index (χ1) is 7.63. The SMILES string of the molecule is CCOC(=O)/C=C/CNc1cn(C)nc1C. The lowest BCUT2D eigenvalue weighted by molar-refractivity contribution is -0.137. The second kappa shape index (κ2) is 5.95. The molecule has 1 rings (SSSR count). The molecule has 0 radical (unpaired) electrons. The van der Waals surface area contributed by atoms with E-state index in [-0.39, 0.29) is 5.97 Å². The van der Waals surface area contributed by atoms with Crippen molar-refractivity contribution in [2.75, 3.05) is 18.5 Å². The van der Waals surface area contributed by atoms with Crippen LogP contribution in [0.4, 0.5) is 5.69 Å². The molecule has 0 fully saturated rings. The van der Waals surface area contributed by atoms with Crippen LogP contribution in [0.5, 0.6) is 0 Å². The summed E-state index contributed by atoms with van der Waals surface area (Å²) in [4.78, 5) is 11.0. The van der Waals surface area contributed by atoms with Crippen molar-refractivity contribution in [3.05, 3.63) is 24.0 Å². The molecule has 1 heterocycles. The molecule has 5 heteroatoms. The second-order valence-corrected chi connectivity index (χ2v) is 3.34. The molecule has 0 aliphatic rings. The Morgan fingerprint density at radius 2 is 2.44 bits per heavy atom. The molecule has 0 saturated heterocycles. The minimum absolute atomic E-state index is 0.313. The number of carbonyl (C=O) groups is 1. The number of nitrogens with one attached hydrogen (secondary N) is 1. The topological polar surface area (TPSA) is 56.1 Å². The normalized spacial score (nSPS) is 10.7. The maximum Gasteiger partial charge on any atom is 0.330 e. The van der Waals surface area contributed by atoms with Crippen LogP contribution in [0.1, 0.15) is 12.6 Å². The van der Waals surface area contributed by atoms with Gasteiger partial charge in [0, 0.05) is 25.9 Å². The molecule has 0 aromatic carbocycles. The van der Waals surface area contributed by atoms with Gasteiger partial charge in [0.15, 0.2) is 0 Å². The second-order valence-electron chi connectivity index (χ2n) is 3.34. The number of ether oxygens (including phenoxy) is 1. The zero-order valence-corrected chi connectivity index (χ0v) is 9.86. The van der Waals surface area contributed by atoms with Crippen molar-refractivity contribution in [2.45, 2.75) is 13.8 Å². The van der Waals surface area contributed by atoms with Gasteiger partial charge in [0.25, 0.3) is 0 Å². The van der Waals surface area contributed by atoms with Crippen molar-refractivity contribution in [3.63, 3.8) is 0 Å². The summed E-state index contributed by atoms with van der Waals surface area (Å²) in [5.74, 6) is -0.313. The molecule has 0 saturated carbocycles. The molecule has 88 valence electrons. The Bertz CT molecular complexity index is 383. The van der Waals surface area contributed by atoms with E-state index in [9.17, 15) is 4.79 Å². The van der Waals surface area contributed by atoms with Crippen LogP contribution in [0.25, 0.3) is 0 Å². The van der Waals surface area contributed by atoms with Crippen LogP contribution in [0, 0.1) is 6.92 Å². The first-order valence-corrected chi connectivity index (χ1v) is 5.21. The molecule has 0 aliphatic carbocycles. The summed E-state index contributed by atoms with van der Waals surface area (Å²) in [7, 11) is 1.87. The van der Waals surface area contributed by atoms with Crippen LogP contribution in [0.3, 0.4) is 0 Å². The molecule has 0 amide bonds. The number of rotatable bonds is 5. The van der Waals surface area contributed by atoms with Crippen LogP contribution in [0.15, 0.2) is 18.3 Å². The van der Waals surface area contributed by atoms with E-state index in [1.54, 1.807) is 17.7 Å². The van der Waals surface area contributed by atoms with E-state index in [0.717, 1.165) is 11.4 Å². The van der Waals surface area contributed by atoms with Gasteiger partial charge in [-0.3, -0.25) is 4.68 Å². The third-order valence-corrected chi connectivity index (χ3v) is 1.96. The maximum atomic E-state index is 11.0. The Morgan fingerprint density at radius 1 is 1.69 bits per heavy atom. The number of hydrogen-bond donors (Lipinski definition) is 1. The summed E-state index contributed by atoms with van der Waals surface area (Å²) < 4.78 is 6.49. The Hall–Kier alpha value is -1.78. The number of esters is 1. The summed E-state index contributed by atoms with van der Waals surface area (Å²) in [6.07, 6.45) is 5.04. The maximum absolute atomic E-state index is 11.0. The fraction of sp³-hybridized carbons (Fsp3) is 0.455. The molecule has 1 N–H and O–H groups in total. The molecular formula is C11H17N3O2. The van der Waals surface area contributed by atoms with Crippen LogP contribution in [-0.2, 0) is 16.6 Å². The fourth-order valence-corrected chi connectivity index (χ4v) is 1.29. The van der Waals surface area contributed by atoms with E-state index in [4.69, 9.17) is 4.74 Å². The largest absolute Gasteiger partial charge is 0.463 e. The predicted molar refractivity (Wildman–Crippen MR) is 62.2 cm³/mol. The summed E-state index contributed by atoms with van der Waals surface area (Å²) >= 11 is 0. The third-order valence-electron chi connectivity index (χ3n) is 1.96. The minimum atomic E-state index is -0.313. The van der Waals surface area contributed by atoms with Gasteiger partial charge in [-0.15, -0.1) is 0 Å². The van der Waals surface area contributed by atoms with Crippen molar-refractivity contribution in [2.24, 2.45) is 7.05 Å². The van der Waals surface area contributed by atoms with Gasteiger partial charge in [-0.25, -0.2) is 4.79 Å². The Morgan fingerprint density at radius 3 is 3.00 bits per heavy atom. The standard InChI is InChI=1S/C11H17N3O2/c1-4-16-11(15)6-5-7-12-10-8-14(3)13-9(10)2/h5-6,8,12H,4,7H2,1-3H3/b6-5+. The molecule has 0 unspecified atom stereocenters. The predicted octanol–water partition coefficient (Wildman–Crippen LogP) is 1.26. The Kier molecular flexibility index (Phi) is 4.57. The summed E-state index contributed by atoms with van der Waals surface area (Å²) in [5, 5.41) is 7.35. The molecule has 5 nitrogen and oxygen atoms in total. The molecule has 0 aliphatic heterocycles. The number of anilines is 1. The summed E-state index contributed by atoms with van der Waals surface area (Å²) in [6, 6.07) is 0. The van der Waals surface area contributed by atoms with Gasteiger partial charge in [0.2, 0.25) is 0 Å². The lowest BCUT2D eigenvalue weighted by Gasteiger charge is -1.99. The van der Waals surface area contributed by atoms with E-state index >= 15 is 0 Å². The first kappa shape index (κ1) is 12.3. The van der Waals surface area contributed by atoms with Crippen LogP contribution in [0.2, 0.25) is 0 Å².